The molecule has 0 atom stereocenters. The van der Waals surface area contributed by atoms with E-state index in [4.69, 9.17) is 10.1 Å². The number of benzene rings is 3. The number of carbonyl (C=O) groups is 1. The molecule has 0 aliphatic carbocycles. The standard InChI is InChI=1S/C24H20N4O4S/c1-3-20(25)17-9-11-22(32-2)23(15-17)33(30,31)27-24(29)18-8-10-19-16(14-18)6-4-7-21(19)28-13-5-12-26-28/h3-15,25H,1H2,2H3,(H,27,29). The minimum atomic E-state index is -4.28. The maximum atomic E-state index is 13.0. The van der Waals surface area contributed by atoms with Gasteiger partial charge in [0.05, 0.1) is 18.5 Å². The molecule has 0 aliphatic heterocycles. The normalized spacial score (nSPS) is 11.2. The van der Waals surface area contributed by atoms with E-state index in [0.29, 0.717) is 5.56 Å². The Morgan fingerprint density at radius 1 is 1.12 bits per heavy atom. The lowest BCUT2D eigenvalue weighted by molar-refractivity contribution is 0.0981. The number of sulfonamides is 1. The van der Waals surface area contributed by atoms with Gasteiger partial charge in [-0.2, -0.15) is 5.10 Å². The fraction of sp³-hybridized carbons (Fsp3) is 0.0417. The molecule has 33 heavy (non-hydrogen) atoms. The molecule has 0 fully saturated rings. The second-order valence-electron chi connectivity index (χ2n) is 7.08. The number of fused-ring (bicyclic) bond motifs is 1. The van der Waals surface area contributed by atoms with E-state index in [9.17, 15) is 13.2 Å². The Balaban J connectivity index is 1.68. The largest absolute Gasteiger partial charge is 0.495 e. The molecule has 0 saturated carbocycles. The number of hydrogen-bond donors (Lipinski definition) is 2. The summed E-state index contributed by atoms with van der Waals surface area (Å²) in [6.07, 6.45) is 4.78. The number of nitrogens with one attached hydrogen (secondary N) is 2. The zero-order chi connectivity index (χ0) is 23.6. The second-order valence-corrected chi connectivity index (χ2v) is 8.73. The fourth-order valence-corrected chi connectivity index (χ4v) is 4.60. The van der Waals surface area contributed by atoms with Crippen molar-refractivity contribution in [2.75, 3.05) is 7.11 Å². The molecule has 0 bridgehead atoms. The molecular formula is C24H20N4O4S. The highest BCUT2D eigenvalue weighted by Crippen LogP contribution is 2.26. The van der Waals surface area contributed by atoms with Gasteiger partial charge in [0.2, 0.25) is 0 Å². The van der Waals surface area contributed by atoms with E-state index in [1.807, 2.05) is 30.5 Å². The van der Waals surface area contributed by atoms with Gasteiger partial charge in [0.25, 0.3) is 15.9 Å². The van der Waals surface area contributed by atoms with Crippen LogP contribution in [-0.4, -0.2) is 36.9 Å². The van der Waals surface area contributed by atoms with Crippen molar-refractivity contribution in [2.45, 2.75) is 4.90 Å². The Hall–Kier alpha value is -4.24. The highest BCUT2D eigenvalue weighted by molar-refractivity contribution is 7.90. The van der Waals surface area contributed by atoms with Crippen molar-refractivity contribution in [3.63, 3.8) is 0 Å². The van der Waals surface area contributed by atoms with Gasteiger partial charge in [-0.3, -0.25) is 4.79 Å². The van der Waals surface area contributed by atoms with Gasteiger partial charge in [0.15, 0.2) is 0 Å². The first-order valence-electron chi connectivity index (χ1n) is 9.83. The number of nitrogens with zero attached hydrogens (tertiary/aromatic N) is 2. The van der Waals surface area contributed by atoms with Crippen LogP contribution in [0.25, 0.3) is 16.5 Å². The molecule has 9 heteroatoms. The SMILES string of the molecule is C=CC(=N)c1ccc(OC)c(S(=O)(=O)NC(=O)c2ccc3c(-n4cccn4)cccc3c2)c1. The third-order valence-corrected chi connectivity index (χ3v) is 6.42. The Kier molecular flexibility index (Phi) is 5.80. The van der Waals surface area contributed by atoms with Crippen molar-refractivity contribution in [1.29, 1.82) is 5.41 Å². The summed E-state index contributed by atoms with van der Waals surface area (Å²) >= 11 is 0. The van der Waals surface area contributed by atoms with Crippen LogP contribution in [0.15, 0.2) is 90.6 Å². The summed E-state index contributed by atoms with van der Waals surface area (Å²) in [6.45, 7) is 3.53. The third-order valence-electron chi connectivity index (χ3n) is 5.07. The first kappa shape index (κ1) is 22.0. The molecule has 0 radical (unpaired) electrons. The van der Waals surface area contributed by atoms with Crippen molar-refractivity contribution in [1.82, 2.24) is 14.5 Å². The van der Waals surface area contributed by atoms with E-state index in [1.54, 1.807) is 35.1 Å². The average molecular weight is 461 g/mol. The molecule has 8 nitrogen and oxygen atoms in total. The van der Waals surface area contributed by atoms with E-state index in [-0.39, 0.29) is 21.9 Å². The fourth-order valence-electron chi connectivity index (χ4n) is 3.43. The lowest BCUT2D eigenvalue weighted by Crippen LogP contribution is -2.31. The Bertz CT molecular complexity index is 1490. The van der Waals surface area contributed by atoms with Gasteiger partial charge in [-0.15, -0.1) is 0 Å². The predicted molar refractivity (Wildman–Crippen MR) is 126 cm³/mol. The van der Waals surface area contributed by atoms with Crippen molar-refractivity contribution < 1.29 is 17.9 Å². The second kappa shape index (κ2) is 8.71. The smallest absolute Gasteiger partial charge is 0.268 e. The van der Waals surface area contributed by atoms with E-state index >= 15 is 0 Å². The van der Waals surface area contributed by atoms with Crippen molar-refractivity contribution in [3.8, 4) is 11.4 Å². The number of rotatable bonds is 7. The maximum absolute atomic E-state index is 13.0. The highest BCUT2D eigenvalue weighted by atomic mass is 32.2. The van der Waals surface area contributed by atoms with E-state index in [1.165, 1.54) is 25.3 Å². The molecule has 3 aromatic carbocycles. The number of amides is 1. The molecule has 1 aromatic heterocycles. The molecular weight excluding hydrogens is 440 g/mol. The first-order chi connectivity index (χ1) is 15.8. The molecule has 0 saturated heterocycles. The molecule has 0 aliphatic rings. The van der Waals surface area contributed by atoms with Gasteiger partial charge in [-0.05, 0) is 53.9 Å². The van der Waals surface area contributed by atoms with Crippen molar-refractivity contribution >= 4 is 32.4 Å². The van der Waals surface area contributed by atoms with Gasteiger partial charge in [-0.1, -0.05) is 24.8 Å². The average Bonchev–Trinajstić information content (AvgIpc) is 3.37. The summed E-state index contributed by atoms with van der Waals surface area (Å²) in [7, 11) is -2.95. The van der Waals surface area contributed by atoms with Crippen LogP contribution in [0, 0.1) is 5.41 Å². The molecule has 4 rings (SSSR count). The lowest BCUT2D eigenvalue weighted by atomic mass is 10.1. The van der Waals surface area contributed by atoms with Crippen LogP contribution in [0.1, 0.15) is 15.9 Å². The monoisotopic (exact) mass is 460 g/mol. The Labute approximate surface area is 190 Å². The van der Waals surface area contributed by atoms with Crippen LogP contribution >= 0.6 is 0 Å². The van der Waals surface area contributed by atoms with Crippen LogP contribution in [-0.2, 0) is 10.0 Å². The molecule has 0 spiro atoms. The molecule has 2 N–H and O–H groups in total. The molecule has 1 amide bonds. The topological polar surface area (TPSA) is 114 Å². The van der Waals surface area contributed by atoms with E-state index < -0.39 is 15.9 Å². The van der Waals surface area contributed by atoms with Crippen LogP contribution in [0.2, 0.25) is 0 Å². The molecule has 1 heterocycles. The van der Waals surface area contributed by atoms with Gasteiger partial charge in [-0.25, -0.2) is 17.8 Å². The predicted octanol–water partition coefficient (Wildman–Crippen LogP) is 3.71. The number of ether oxygens (including phenoxy) is 1. The van der Waals surface area contributed by atoms with Gasteiger partial charge in [0, 0.05) is 28.9 Å². The highest BCUT2D eigenvalue weighted by Gasteiger charge is 2.24. The summed E-state index contributed by atoms with van der Waals surface area (Å²) in [4.78, 5) is 12.6. The molecule has 166 valence electrons. The summed E-state index contributed by atoms with van der Waals surface area (Å²) < 4.78 is 35.0. The summed E-state index contributed by atoms with van der Waals surface area (Å²) in [6, 6.07) is 16.6. The Morgan fingerprint density at radius 3 is 2.61 bits per heavy atom. The zero-order valence-electron chi connectivity index (χ0n) is 17.6. The van der Waals surface area contributed by atoms with Crippen molar-refractivity contribution in [3.05, 3.63) is 96.8 Å². The number of hydrogen-bond acceptors (Lipinski definition) is 6. The first-order valence-corrected chi connectivity index (χ1v) is 11.3. The Morgan fingerprint density at radius 2 is 1.91 bits per heavy atom. The zero-order valence-corrected chi connectivity index (χ0v) is 18.5. The van der Waals surface area contributed by atoms with E-state index in [0.717, 1.165) is 16.5 Å². The quantitative estimate of drug-likeness (QED) is 0.408. The maximum Gasteiger partial charge on any atom is 0.268 e. The summed E-state index contributed by atoms with van der Waals surface area (Å²) in [5.41, 5.74) is 1.39. The lowest BCUT2D eigenvalue weighted by Gasteiger charge is -2.13. The molecule has 0 unspecified atom stereocenters. The van der Waals surface area contributed by atoms with Crippen molar-refractivity contribution in [2.24, 2.45) is 0 Å². The van der Waals surface area contributed by atoms with Crippen LogP contribution in [0.5, 0.6) is 5.75 Å². The number of methoxy groups -OCH3 is 1. The van der Waals surface area contributed by atoms with Gasteiger partial charge in [0.1, 0.15) is 10.6 Å². The number of carbonyl (C=O) groups excluding carboxylic acids is 1. The van der Waals surface area contributed by atoms with Crippen LogP contribution < -0.4 is 9.46 Å². The number of aromatic nitrogens is 2. The summed E-state index contributed by atoms with van der Waals surface area (Å²) in [5.74, 6) is -0.731. The molecule has 4 aromatic rings. The summed E-state index contributed by atoms with van der Waals surface area (Å²) in [5, 5.41) is 13.7. The van der Waals surface area contributed by atoms with Gasteiger partial charge >= 0.3 is 0 Å². The van der Waals surface area contributed by atoms with Gasteiger partial charge < -0.3 is 10.1 Å². The van der Waals surface area contributed by atoms with Crippen LogP contribution in [0.4, 0.5) is 0 Å². The number of allylic oxidation sites excluding steroid dienone is 1. The minimum Gasteiger partial charge on any atom is -0.495 e. The van der Waals surface area contributed by atoms with Crippen LogP contribution in [0.3, 0.4) is 0 Å². The van der Waals surface area contributed by atoms with E-state index in [2.05, 4.69) is 16.4 Å². The third kappa shape index (κ3) is 4.26. The minimum absolute atomic E-state index is 0.0444.